The number of nitrogens with one attached hydrogen (secondary N) is 2. The van der Waals surface area contributed by atoms with Gasteiger partial charge in [0.1, 0.15) is 11.5 Å². The van der Waals surface area contributed by atoms with Crippen molar-refractivity contribution in [2.75, 3.05) is 5.73 Å². The highest BCUT2D eigenvalue weighted by Gasteiger charge is 2.20. The molecule has 10 heteroatoms. The van der Waals surface area contributed by atoms with Crippen LogP contribution >= 0.6 is 28.1 Å². The zero-order valence-electron chi connectivity index (χ0n) is 15.7. The highest BCUT2D eigenvalue weighted by molar-refractivity contribution is 9.10. The summed E-state index contributed by atoms with van der Waals surface area (Å²) >= 11 is 8.91. The van der Waals surface area contributed by atoms with Crippen LogP contribution in [-0.2, 0) is 0 Å². The smallest absolute Gasteiger partial charge is 0.327 e. The van der Waals surface area contributed by atoms with Crippen molar-refractivity contribution >= 4 is 56.0 Å². The molecule has 152 valence electrons. The normalized spacial score (nSPS) is 11.3. The van der Waals surface area contributed by atoms with E-state index in [-0.39, 0.29) is 21.5 Å². The summed E-state index contributed by atoms with van der Waals surface area (Å²) in [7, 11) is 0. The van der Waals surface area contributed by atoms with Crippen LogP contribution in [0.2, 0.25) is 0 Å². The number of pyridine rings is 1. The van der Waals surface area contributed by atoms with Crippen LogP contribution in [0.3, 0.4) is 0 Å². The van der Waals surface area contributed by atoms with Gasteiger partial charge in [0.2, 0.25) is 4.77 Å². The molecule has 0 saturated carbocycles. The molecule has 3 heterocycles. The summed E-state index contributed by atoms with van der Waals surface area (Å²) in [5.74, 6) is 0.291. The number of aromatic amines is 2. The molecule has 5 rings (SSSR count). The third kappa shape index (κ3) is 3.16. The first-order valence-electron chi connectivity index (χ1n) is 9.14. The summed E-state index contributed by atoms with van der Waals surface area (Å²) in [4.78, 5) is 38.4. The number of hydrogen-bond acceptors (Lipinski definition) is 6. The Morgan fingerprint density at radius 1 is 0.935 bits per heavy atom. The minimum atomic E-state index is -0.659. The lowest BCUT2D eigenvalue weighted by Crippen LogP contribution is -2.23. The molecule has 0 amide bonds. The topological polar surface area (TPSA) is 122 Å². The average Bonchev–Trinajstić information content (AvgIpc) is 2.73. The van der Waals surface area contributed by atoms with Crippen molar-refractivity contribution in [3.05, 3.63) is 84.7 Å². The second kappa shape index (κ2) is 7.25. The van der Waals surface area contributed by atoms with E-state index in [0.29, 0.717) is 22.3 Å². The zero-order chi connectivity index (χ0) is 21.7. The number of aromatic nitrogens is 5. The van der Waals surface area contributed by atoms with Gasteiger partial charge < -0.3 is 5.73 Å². The van der Waals surface area contributed by atoms with Crippen LogP contribution in [-0.4, -0.2) is 24.5 Å². The van der Waals surface area contributed by atoms with Gasteiger partial charge in [-0.3, -0.25) is 19.3 Å². The Bertz CT molecular complexity index is 1660. The highest BCUT2D eigenvalue weighted by atomic mass is 79.9. The van der Waals surface area contributed by atoms with Crippen LogP contribution in [0, 0.1) is 4.77 Å². The maximum absolute atomic E-state index is 12.8. The van der Waals surface area contributed by atoms with Crippen molar-refractivity contribution in [2.45, 2.75) is 0 Å². The standard InChI is InChI=1S/C21H13BrN6O2S/c22-11-8-6-10(7-9-11)13-14-16(23)28(12-4-2-1-3-5-12)21(31)26-17(14)24-18-15(13)19(29)27-20(30)25-18/h1-9H,23H2,(H2,24,25,26,27,29,30,31). The molecular weight excluding hydrogens is 480 g/mol. The van der Waals surface area contributed by atoms with Crippen LogP contribution in [0.1, 0.15) is 0 Å². The van der Waals surface area contributed by atoms with Gasteiger partial charge in [-0.25, -0.2) is 9.78 Å². The number of para-hydroxylation sites is 1. The molecule has 0 aliphatic carbocycles. The van der Waals surface area contributed by atoms with Gasteiger partial charge in [0.15, 0.2) is 5.65 Å². The van der Waals surface area contributed by atoms with E-state index in [1.54, 1.807) is 4.57 Å². The molecule has 3 aromatic heterocycles. The van der Waals surface area contributed by atoms with Gasteiger partial charge in [-0.1, -0.05) is 46.3 Å². The maximum Gasteiger partial charge on any atom is 0.327 e. The molecule has 4 N–H and O–H groups in total. The fourth-order valence-electron chi connectivity index (χ4n) is 3.60. The molecule has 0 saturated heterocycles. The number of nitrogens with two attached hydrogens (primary N) is 1. The number of benzene rings is 2. The first kappa shape index (κ1) is 19.3. The number of rotatable bonds is 2. The Labute approximate surface area is 187 Å². The van der Waals surface area contributed by atoms with Crippen LogP contribution in [0.25, 0.3) is 38.9 Å². The molecule has 8 nitrogen and oxygen atoms in total. The first-order chi connectivity index (χ1) is 14.9. The average molecular weight is 493 g/mol. The molecule has 0 aliphatic rings. The first-order valence-corrected chi connectivity index (χ1v) is 10.3. The van der Waals surface area contributed by atoms with Crippen LogP contribution in [0.4, 0.5) is 5.82 Å². The number of H-pyrrole nitrogens is 2. The summed E-state index contributed by atoms with van der Waals surface area (Å²) < 4.78 is 2.71. The molecule has 0 fully saturated rings. The summed E-state index contributed by atoms with van der Waals surface area (Å²) in [6.45, 7) is 0. The van der Waals surface area contributed by atoms with Crippen molar-refractivity contribution in [3.63, 3.8) is 0 Å². The molecule has 0 bridgehead atoms. The molecule has 0 atom stereocenters. The molecule has 0 spiro atoms. The number of halogens is 1. The fraction of sp³-hybridized carbons (Fsp3) is 0. The van der Waals surface area contributed by atoms with Crippen LogP contribution in [0.5, 0.6) is 0 Å². The summed E-state index contributed by atoms with van der Waals surface area (Å²) in [5, 5.41) is 0.671. The quantitative estimate of drug-likeness (QED) is 0.255. The lowest BCUT2D eigenvalue weighted by atomic mass is 9.99. The number of fused-ring (bicyclic) bond motifs is 2. The number of nitrogen functional groups attached to an aromatic ring is 1. The van der Waals surface area contributed by atoms with Gasteiger partial charge in [-0.15, -0.1) is 0 Å². The van der Waals surface area contributed by atoms with E-state index >= 15 is 0 Å². The highest BCUT2D eigenvalue weighted by Crippen LogP contribution is 2.36. The van der Waals surface area contributed by atoms with E-state index in [1.165, 1.54) is 0 Å². The summed E-state index contributed by atoms with van der Waals surface area (Å²) in [6.07, 6.45) is 0. The van der Waals surface area contributed by atoms with E-state index in [0.717, 1.165) is 10.2 Å². The van der Waals surface area contributed by atoms with Gasteiger partial charge in [0.25, 0.3) is 5.56 Å². The second-order valence-electron chi connectivity index (χ2n) is 6.77. The Morgan fingerprint density at radius 3 is 2.35 bits per heavy atom. The molecule has 31 heavy (non-hydrogen) atoms. The van der Waals surface area contributed by atoms with Gasteiger partial charge >= 0.3 is 5.69 Å². The number of hydrogen-bond donors (Lipinski definition) is 3. The number of anilines is 1. The zero-order valence-corrected chi connectivity index (χ0v) is 18.1. The van der Waals surface area contributed by atoms with Crippen molar-refractivity contribution in [1.29, 1.82) is 0 Å². The van der Waals surface area contributed by atoms with Gasteiger partial charge in [0.05, 0.1) is 10.8 Å². The third-order valence-corrected chi connectivity index (χ3v) is 5.70. The number of nitrogens with zero attached hydrogens (tertiary/aromatic N) is 3. The molecule has 0 radical (unpaired) electrons. The largest absolute Gasteiger partial charge is 0.384 e. The molecule has 5 aromatic rings. The van der Waals surface area contributed by atoms with Crippen molar-refractivity contribution < 1.29 is 0 Å². The van der Waals surface area contributed by atoms with E-state index in [9.17, 15) is 9.59 Å². The predicted octanol–water partition coefficient (Wildman–Crippen LogP) is 3.69. The lowest BCUT2D eigenvalue weighted by Gasteiger charge is -2.16. The second-order valence-corrected chi connectivity index (χ2v) is 8.06. The van der Waals surface area contributed by atoms with Gasteiger partial charge in [0, 0.05) is 15.7 Å². The van der Waals surface area contributed by atoms with Crippen molar-refractivity contribution in [1.82, 2.24) is 24.5 Å². The monoisotopic (exact) mass is 492 g/mol. The SMILES string of the molecule is Nc1c2c(-c3ccc(Br)cc3)c3c(=O)[nH]c(=O)[nH]c3nc2nc(=S)n1-c1ccccc1. The molecule has 0 unspecified atom stereocenters. The lowest BCUT2D eigenvalue weighted by molar-refractivity contribution is 0.985. The minimum Gasteiger partial charge on any atom is -0.384 e. The van der Waals surface area contributed by atoms with E-state index in [4.69, 9.17) is 18.0 Å². The molecular formula is C21H13BrN6O2S. The summed E-state index contributed by atoms with van der Waals surface area (Å²) in [5.41, 5.74) is 7.68. The van der Waals surface area contributed by atoms with Gasteiger partial charge in [-0.05, 0) is 42.0 Å². The molecule has 2 aromatic carbocycles. The van der Waals surface area contributed by atoms with Crippen molar-refractivity contribution in [3.8, 4) is 16.8 Å². The third-order valence-electron chi connectivity index (χ3n) is 4.90. The minimum absolute atomic E-state index is 0.109. The van der Waals surface area contributed by atoms with Crippen LogP contribution in [0.15, 0.2) is 68.7 Å². The van der Waals surface area contributed by atoms with E-state index in [1.807, 2.05) is 54.6 Å². The van der Waals surface area contributed by atoms with Crippen molar-refractivity contribution in [2.24, 2.45) is 0 Å². The Kier molecular flexibility index (Phi) is 4.53. The Morgan fingerprint density at radius 2 is 1.65 bits per heavy atom. The van der Waals surface area contributed by atoms with Gasteiger partial charge in [-0.2, -0.15) is 4.98 Å². The Hall–Kier alpha value is -3.63. The predicted molar refractivity (Wildman–Crippen MR) is 126 cm³/mol. The summed E-state index contributed by atoms with van der Waals surface area (Å²) in [6, 6.07) is 16.7. The molecule has 0 aliphatic heterocycles. The fourth-order valence-corrected chi connectivity index (χ4v) is 4.15. The maximum atomic E-state index is 12.8. The van der Waals surface area contributed by atoms with E-state index < -0.39 is 11.2 Å². The van der Waals surface area contributed by atoms with Crippen LogP contribution < -0.4 is 17.0 Å². The van der Waals surface area contributed by atoms with E-state index in [2.05, 4.69) is 35.9 Å². The Balaban J connectivity index is 2.05.